The van der Waals surface area contributed by atoms with E-state index in [4.69, 9.17) is 24.9 Å². The van der Waals surface area contributed by atoms with Gasteiger partial charge in [0, 0.05) is 52.2 Å². The molecule has 37 heavy (non-hydrogen) atoms. The maximum Gasteiger partial charge on any atom is 0.166 e. The normalized spacial score (nSPS) is 14.4. The van der Waals surface area contributed by atoms with Gasteiger partial charge in [-0.15, -0.1) is 0 Å². The average Bonchev–Trinajstić information content (AvgIpc) is 3.23. The first kappa shape index (κ1) is 31.4. The average molecular weight is 514 g/mol. The van der Waals surface area contributed by atoms with Gasteiger partial charge in [-0.2, -0.15) is 0 Å². The standard InChI is InChI=1S/C18H26N6O.C6H8N2O.CH5NO/c1-5-7-13(6-2)16-21-17-15(20-14(12-19-3)23(17)4)18(22-16)24-8-10-25-11-9-24;1-7-3-6(5-9)4-8-2;1-2-3/h5-7,19H,8-12H2,1-4H3;3-5H,1H2,2H3;2-3H,1H3/b7-5-,13-6+;6-3+,8-4?;. The van der Waals surface area contributed by atoms with Gasteiger partial charge in [0.2, 0.25) is 0 Å². The van der Waals surface area contributed by atoms with Gasteiger partial charge in [-0.3, -0.25) is 14.8 Å². The molecule has 0 atom stereocenters. The molecule has 1 aliphatic rings. The fourth-order valence-electron chi connectivity index (χ4n) is 3.36. The van der Waals surface area contributed by atoms with Crippen LogP contribution in [-0.2, 0) is 23.1 Å². The predicted molar refractivity (Wildman–Crippen MR) is 150 cm³/mol. The number of fused-ring (bicyclic) bond motifs is 1. The Hall–Kier alpha value is -3.58. The van der Waals surface area contributed by atoms with Crippen molar-refractivity contribution in [1.29, 1.82) is 0 Å². The number of nitrogens with zero attached hydrogens (tertiary/aromatic N) is 7. The molecule has 3 heterocycles. The lowest BCUT2D eigenvalue weighted by atomic mass is 10.2. The molecular weight excluding hydrogens is 474 g/mol. The summed E-state index contributed by atoms with van der Waals surface area (Å²) in [4.78, 5) is 33.8. The molecule has 1 fully saturated rings. The number of aryl methyl sites for hydroxylation is 1. The zero-order valence-corrected chi connectivity index (χ0v) is 22.6. The van der Waals surface area contributed by atoms with Gasteiger partial charge in [0.1, 0.15) is 5.82 Å². The number of carbonyl (C=O) groups is 1. The number of rotatable bonds is 8. The van der Waals surface area contributed by atoms with E-state index in [-0.39, 0.29) is 0 Å². The van der Waals surface area contributed by atoms with Crippen LogP contribution in [0.25, 0.3) is 16.7 Å². The quantitative estimate of drug-likeness (QED) is 0.159. The molecule has 0 unspecified atom stereocenters. The zero-order valence-electron chi connectivity index (χ0n) is 22.6. The smallest absolute Gasteiger partial charge is 0.166 e. The van der Waals surface area contributed by atoms with Crippen LogP contribution in [0.3, 0.4) is 0 Å². The first-order valence-corrected chi connectivity index (χ1v) is 11.8. The number of imidazole rings is 1. The van der Waals surface area contributed by atoms with Crippen LogP contribution in [-0.4, -0.2) is 91.4 Å². The maximum atomic E-state index is 10.0. The number of hydrogen-bond acceptors (Lipinski definition) is 11. The third-order valence-electron chi connectivity index (χ3n) is 5.01. The summed E-state index contributed by atoms with van der Waals surface area (Å²) in [6, 6.07) is 0. The summed E-state index contributed by atoms with van der Waals surface area (Å²) < 4.78 is 7.54. The van der Waals surface area contributed by atoms with E-state index in [1.807, 2.05) is 50.7 Å². The largest absolute Gasteiger partial charge is 0.378 e. The highest BCUT2D eigenvalue weighted by atomic mass is 16.5. The predicted octanol–water partition coefficient (Wildman–Crippen LogP) is 1.96. The molecule has 2 aromatic rings. The summed E-state index contributed by atoms with van der Waals surface area (Å²) in [5.41, 5.74) is 4.90. The van der Waals surface area contributed by atoms with Crippen molar-refractivity contribution >= 4 is 41.8 Å². The van der Waals surface area contributed by atoms with Crippen LogP contribution in [0.5, 0.6) is 0 Å². The number of hydroxylamine groups is 1. The molecule has 202 valence electrons. The number of anilines is 1. The van der Waals surface area contributed by atoms with Gasteiger partial charge in [0.05, 0.1) is 25.3 Å². The number of aliphatic imine (C=N–C) groups is 2. The highest BCUT2D eigenvalue weighted by molar-refractivity contribution is 6.01. The Morgan fingerprint density at radius 2 is 1.89 bits per heavy atom. The molecule has 1 aliphatic heterocycles. The first-order chi connectivity index (χ1) is 17.9. The molecule has 2 aromatic heterocycles. The van der Waals surface area contributed by atoms with Crippen molar-refractivity contribution in [2.24, 2.45) is 17.0 Å². The fraction of sp³-hybridized carbons (Fsp3) is 0.440. The van der Waals surface area contributed by atoms with Crippen LogP contribution in [0.1, 0.15) is 25.5 Å². The monoisotopic (exact) mass is 513 g/mol. The number of hydrogen-bond donors (Lipinski definition) is 3. The van der Waals surface area contributed by atoms with Crippen molar-refractivity contribution in [3.63, 3.8) is 0 Å². The molecule has 0 aliphatic carbocycles. The maximum absolute atomic E-state index is 10.0. The second kappa shape index (κ2) is 17.8. The van der Waals surface area contributed by atoms with E-state index in [1.165, 1.54) is 19.5 Å². The number of morpholine rings is 1. The summed E-state index contributed by atoms with van der Waals surface area (Å²) in [7, 11) is 6.94. The number of nitrogens with one attached hydrogen (secondary N) is 2. The summed E-state index contributed by atoms with van der Waals surface area (Å²) in [5, 5.41) is 10.5. The third kappa shape index (κ3) is 9.42. The Bertz CT molecular complexity index is 1110. The minimum Gasteiger partial charge on any atom is -0.378 e. The zero-order chi connectivity index (χ0) is 27.6. The van der Waals surface area contributed by atoms with Gasteiger partial charge >= 0.3 is 0 Å². The second-order valence-electron chi connectivity index (χ2n) is 7.54. The summed E-state index contributed by atoms with van der Waals surface area (Å²) in [6.45, 7) is 10.9. The summed E-state index contributed by atoms with van der Waals surface area (Å²) in [5.74, 6) is 2.57. The molecule has 0 spiro atoms. The van der Waals surface area contributed by atoms with E-state index in [1.54, 1.807) is 12.5 Å². The molecule has 0 amide bonds. The number of aromatic nitrogens is 4. The van der Waals surface area contributed by atoms with Crippen LogP contribution in [0.2, 0.25) is 0 Å². The van der Waals surface area contributed by atoms with E-state index in [2.05, 4.69) is 26.9 Å². The minimum atomic E-state index is 0.424. The van der Waals surface area contributed by atoms with E-state index in [0.717, 1.165) is 47.3 Å². The van der Waals surface area contributed by atoms with Crippen molar-refractivity contribution in [2.45, 2.75) is 20.4 Å². The van der Waals surface area contributed by atoms with E-state index in [0.29, 0.717) is 31.6 Å². The molecule has 1 saturated heterocycles. The van der Waals surface area contributed by atoms with Crippen LogP contribution in [0.15, 0.2) is 40.0 Å². The van der Waals surface area contributed by atoms with Gasteiger partial charge in [-0.05, 0) is 27.6 Å². The van der Waals surface area contributed by atoms with Gasteiger partial charge in [-0.25, -0.2) is 20.4 Å². The summed E-state index contributed by atoms with van der Waals surface area (Å²) in [6.07, 6.45) is 9.51. The highest BCUT2D eigenvalue weighted by Gasteiger charge is 2.22. The van der Waals surface area contributed by atoms with E-state index in [9.17, 15) is 4.79 Å². The van der Waals surface area contributed by atoms with Crippen molar-refractivity contribution in [3.8, 4) is 0 Å². The van der Waals surface area contributed by atoms with Gasteiger partial charge in [0.15, 0.2) is 29.1 Å². The number of ether oxygens (including phenoxy) is 1. The van der Waals surface area contributed by atoms with Crippen LogP contribution in [0, 0.1) is 0 Å². The third-order valence-corrected chi connectivity index (χ3v) is 5.01. The molecule has 0 saturated carbocycles. The SMILES string of the molecule is C/C=C\C(=C/C)c1nc(N2CCOCC2)c2nc(CNC)n(C)c2n1.C=N/C=C(/C=O)C=NC.CNO. The molecule has 3 rings (SSSR count). The topological polar surface area (TPSA) is 142 Å². The molecule has 0 aromatic carbocycles. The Morgan fingerprint density at radius 3 is 2.41 bits per heavy atom. The van der Waals surface area contributed by atoms with Crippen molar-refractivity contribution in [3.05, 3.63) is 41.6 Å². The number of allylic oxidation sites excluding steroid dienone is 5. The first-order valence-electron chi connectivity index (χ1n) is 11.8. The Kier molecular flexibility index (Phi) is 15.1. The van der Waals surface area contributed by atoms with Crippen molar-refractivity contribution in [2.75, 3.05) is 52.3 Å². The Balaban J connectivity index is 0.000000480. The second-order valence-corrected chi connectivity index (χ2v) is 7.54. The van der Waals surface area contributed by atoms with Crippen molar-refractivity contribution < 1.29 is 14.7 Å². The van der Waals surface area contributed by atoms with Gasteiger partial charge in [-0.1, -0.05) is 18.2 Å². The Labute approximate surface area is 218 Å². The van der Waals surface area contributed by atoms with E-state index >= 15 is 0 Å². The van der Waals surface area contributed by atoms with Gasteiger partial charge < -0.3 is 24.7 Å². The molecule has 12 nitrogen and oxygen atoms in total. The lowest BCUT2D eigenvalue weighted by Crippen LogP contribution is -2.37. The number of carbonyl (C=O) groups excluding carboxylic acids is 1. The lowest BCUT2D eigenvalue weighted by Gasteiger charge is -2.28. The lowest BCUT2D eigenvalue weighted by molar-refractivity contribution is -0.104. The van der Waals surface area contributed by atoms with Crippen molar-refractivity contribution in [1.82, 2.24) is 30.3 Å². The van der Waals surface area contributed by atoms with Crippen LogP contribution in [0.4, 0.5) is 5.82 Å². The minimum absolute atomic E-state index is 0.424. The number of aldehydes is 1. The molecular formula is C25H39N9O3. The van der Waals surface area contributed by atoms with Gasteiger partial charge in [0.25, 0.3) is 0 Å². The Morgan fingerprint density at radius 1 is 1.22 bits per heavy atom. The molecule has 0 radical (unpaired) electrons. The molecule has 12 heteroatoms. The summed E-state index contributed by atoms with van der Waals surface area (Å²) >= 11 is 0. The fourth-order valence-corrected chi connectivity index (χ4v) is 3.36. The van der Waals surface area contributed by atoms with E-state index < -0.39 is 0 Å². The van der Waals surface area contributed by atoms with Crippen LogP contribution >= 0.6 is 0 Å². The highest BCUT2D eigenvalue weighted by Crippen LogP contribution is 2.27. The van der Waals surface area contributed by atoms with Crippen LogP contribution < -0.4 is 15.7 Å². The molecule has 0 bridgehead atoms. The molecule has 3 N–H and O–H groups in total.